The molecule has 3 rings (SSSR count). The number of nitrogens with one attached hydrogen (secondary N) is 2. The number of H-pyrrole nitrogens is 1. The molecule has 0 fully saturated rings. The Labute approximate surface area is 116 Å². The molecule has 0 aliphatic carbocycles. The minimum Gasteiger partial charge on any atom is -0.321 e. The largest absolute Gasteiger partial charge is 0.321 e. The van der Waals surface area contributed by atoms with Crippen molar-refractivity contribution < 1.29 is 4.79 Å². The van der Waals surface area contributed by atoms with E-state index in [2.05, 4.69) is 20.5 Å². The molecule has 100 valence electrons. The molecule has 0 spiro atoms. The minimum atomic E-state index is -0.162. The molecule has 0 aliphatic rings. The highest BCUT2D eigenvalue weighted by atomic mass is 16.1. The van der Waals surface area contributed by atoms with Gasteiger partial charge in [0.1, 0.15) is 0 Å². The van der Waals surface area contributed by atoms with Crippen LogP contribution in [0.3, 0.4) is 0 Å². The van der Waals surface area contributed by atoms with Gasteiger partial charge in [0, 0.05) is 23.5 Å². The van der Waals surface area contributed by atoms with Crippen LogP contribution in [0.5, 0.6) is 0 Å². The quantitative estimate of drug-likeness (QED) is 0.749. The number of hydrogen-bond acceptors (Lipinski definition) is 3. The highest BCUT2D eigenvalue weighted by Gasteiger charge is 2.16. The summed E-state index contributed by atoms with van der Waals surface area (Å²) in [6.45, 7) is 3.64. The van der Waals surface area contributed by atoms with E-state index in [9.17, 15) is 4.79 Å². The lowest BCUT2D eigenvalue weighted by Gasteiger charge is -2.08. The Balaban J connectivity index is 2.00. The number of aromatic amines is 1. The fourth-order valence-electron chi connectivity index (χ4n) is 2.29. The molecule has 0 radical (unpaired) electrons. The third-order valence-corrected chi connectivity index (χ3v) is 3.29. The molecule has 1 amide bonds. The lowest BCUT2D eigenvalue weighted by Crippen LogP contribution is -2.14. The molecule has 2 heterocycles. The number of nitrogens with zero attached hydrogens (tertiary/aromatic N) is 2. The Kier molecular flexibility index (Phi) is 2.95. The summed E-state index contributed by atoms with van der Waals surface area (Å²) in [4.78, 5) is 16.5. The number of pyridine rings is 1. The number of amides is 1. The van der Waals surface area contributed by atoms with Gasteiger partial charge in [-0.05, 0) is 31.4 Å². The molecule has 5 heteroatoms. The molecule has 5 nitrogen and oxygen atoms in total. The summed E-state index contributed by atoms with van der Waals surface area (Å²) in [7, 11) is 0. The molecule has 20 heavy (non-hydrogen) atoms. The number of hydrogen-bond donors (Lipinski definition) is 2. The second kappa shape index (κ2) is 4.77. The minimum absolute atomic E-state index is 0.162. The monoisotopic (exact) mass is 266 g/mol. The first-order chi connectivity index (χ1) is 9.66. The van der Waals surface area contributed by atoms with Crippen molar-refractivity contribution in [2.24, 2.45) is 0 Å². The third kappa shape index (κ3) is 2.03. The zero-order valence-corrected chi connectivity index (χ0v) is 11.3. The first kappa shape index (κ1) is 12.3. The lowest BCUT2D eigenvalue weighted by molar-refractivity contribution is 0.102. The van der Waals surface area contributed by atoms with Crippen molar-refractivity contribution in [1.82, 2.24) is 15.2 Å². The summed E-state index contributed by atoms with van der Waals surface area (Å²) in [6, 6.07) is 7.68. The van der Waals surface area contributed by atoms with Crippen LogP contribution in [0.2, 0.25) is 0 Å². The smallest absolute Gasteiger partial charge is 0.259 e. The molecule has 0 saturated heterocycles. The molecule has 2 aromatic heterocycles. The number of fused-ring (bicyclic) bond motifs is 1. The van der Waals surface area contributed by atoms with Crippen LogP contribution in [-0.4, -0.2) is 21.1 Å². The van der Waals surface area contributed by atoms with Gasteiger partial charge in [-0.15, -0.1) is 0 Å². The lowest BCUT2D eigenvalue weighted by atomic mass is 10.1. The van der Waals surface area contributed by atoms with Gasteiger partial charge in [-0.3, -0.25) is 14.9 Å². The molecule has 0 aliphatic heterocycles. The first-order valence-corrected chi connectivity index (χ1v) is 6.32. The first-order valence-electron chi connectivity index (χ1n) is 6.32. The van der Waals surface area contributed by atoms with Crippen LogP contribution in [0.15, 0.2) is 36.7 Å². The summed E-state index contributed by atoms with van der Waals surface area (Å²) in [5, 5.41) is 11.7. The van der Waals surface area contributed by atoms with Crippen LogP contribution in [0.25, 0.3) is 10.8 Å². The van der Waals surface area contributed by atoms with Crippen LogP contribution in [0.4, 0.5) is 5.69 Å². The zero-order chi connectivity index (χ0) is 14.1. The maximum absolute atomic E-state index is 12.4. The van der Waals surface area contributed by atoms with Gasteiger partial charge in [0.25, 0.3) is 5.91 Å². The molecule has 0 unspecified atom stereocenters. The third-order valence-electron chi connectivity index (χ3n) is 3.29. The summed E-state index contributed by atoms with van der Waals surface area (Å²) >= 11 is 0. The van der Waals surface area contributed by atoms with Crippen molar-refractivity contribution in [2.45, 2.75) is 13.8 Å². The van der Waals surface area contributed by atoms with Crippen molar-refractivity contribution in [2.75, 3.05) is 5.32 Å². The average Bonchev–Trinajstić information content (AvgIpc) is 2.78. The van der Waals surface area contributed by atoms with Crippen LogP contribution < -0.4 is 5.32 Å². The van der Waals surface area contributed by atoms with Gasteiger partial charge < -0.3 is 5.32 Å². The maximum Gasteiger partial charge on any atom is 0.259 e. The number of benzene rings is 1. The van der Waals surface area contributed by atoms with E-state index in [4.69, 9.17) is 0 Å². The Bertz CT molecular complexity index is 767. The van der Waals surface area contributed by atoms with Crippen LogP contribution >= 0.6 is 0 Å². The van der Waals surface area contributed by atoms with Crippen LogP contribution in [0, 0.1) is 13.8 Å². The van der Waals surface area contributed by atoms with Gasteiger partial charge in [0.05, 0.1) is 16.9 Å². The SMILES string of the molecule is Cc1n[nH]c(C)c1C(=O)Nc1cccc2ccncc12. The predicted molar refractivity (Wildman–Crippen MR) is 77.8 cm³/mol. The van der Waals surface area contributed by atoms with Crippen molar-refractivity contribution in [3.63, 3.8) is 0 Å². The average molecular weight is 266 g/mol. The topological polar surface area (TPSA) is 70.7 Å². The zero-order valence-electron chi connectivity index (χ0n) is 11.3. The summed E-state index contributed by atoms with van der Waals surface area (Å²) in [5.74, 6) is -0.162. The van der Waals surface area contributed by atoms with Gasteiger partial charge in [0.15, 0.2) is 0 Å². The van der Waals surface area contributed by atoms with E-state index in [-0.39, 0.29) is 5.91 Å². The highest BCUT2D eigenvalue weighted by Crippen LogP contribution is 2.23. The molecule has 0 saturated carbocycles. The second-order valence-electron chi connectivity index (χ2n) is 4.67. The van der Waals surface area contributed by atoms with E-state index in [1.54, 1.807) is 12.4 Å². The number of carbonyl (C=O) groups is 1. The van der Waals surface area contributed by atoms with Crippen molar-refractivity contribution in [1.29, 1.82) is 0 Å². The van der Waals surface area contributed by atoms with Gasteiger partial charge >= 0.3 is 0 Å². The Hall–Kier alpha value is -2.69. The molecule has 0 bridgehead atoms. The van der Waals surface area contributed by atoms with Crippen LogP contribution in [-0.2, 0) is 0 Å². The van der Waals surface area contributed by atoms with Crippen molar-refractivity contribution >= 4 is 22.4 Å². The summed E-state index contributed by atoms with van der Waals surface area (Å²) < 4.78 is 0. The van der Waals surface area contributed by atoms with Gasteiger partial charge in [-0.1, -0.05) is 12.1 Å². The van der Waals surface area contributed by atoms with Crippen LogP contribution in [0.1, 0.15) is 21.7 Å². The Morgan fingerprint density at radius 2 is 2.10 bits per heavy atom. The van der Waals surface area contributed by atoms with Gasteiger partial charge in [-0.2, -0.15) is 5.10 Å². The van der Waals surface area contributed by atoms with Crippen molar-refractivity contribution in [3.05, 3.63) is 53.6 Å². The standard InChI is InChI=1S/C15H14N4O/c1-9-14(10(2)19-18-9)15(20)17-13-5-3-4-11-6-7-16-8-12(11)13/h3-8H,1-2H3,(H,17,20)(H,18,19). The molecule has 0 atom stereocenters. The molecule has 2 N–H and O–H groups in total. The Morgan fingerprint density at radius 3 is 2.85 bits per heavy atom. The fourth-order valence-corrected chi connectivity index (χ4v) is 2.29. The number of anilines is 1. The van der Waals surface area contributed by atoms with E-state index in [0.29, 0.717) is 11.3 Å². The normalized spacial score (nSPS) is 10.7. The summed E-state index contributed by atoms with van der Waals surface area (Å²) in [6.07, 6.45) is 3.48. The number of aryl methyl sites for hydroxylation is 2. The molecule has 3 aromatic rings. The second-order valence-corrected chi connectivity index (χ2v) is 4.67. The van der Waals surface area contributed by atoms with E-state index in [1.165, 1.54) is 0 Å². The van der Waals surface area contributed by atoms with E-state index >= 15 is 0 Å². The van der Waals surface area contributed by atoms with E-state index in [0.717, 1.165) is 22.2 Å². The predicted octanol–water partition coefficient (Wildman–Crippen LogP) is 2.83. The number of rotatable bonds is 2. The van der Waals surface area contributed by atoms with Gasteiger partial charge in [0.2, 0.25) is 0 Å². The maximum atomic E-state index is 12.4. The molecular formula is C15H14N4O. The van der Waals surface area contributed by atoms with Crippen molar-refractivity contribution in [3.8, 4) is 0 Å². The van der Waals surface area contributed by atoms with Gasteiger partial charge in [-0.25, -0.2) is 0 Å². The molecular weight excluding hydrogens is 252 g/mol. The van der Waals surface area contributed by atoms with E-state index < -0.39 is 0 Å². The fraction of sp³-hybridized carbons (Fsp3) is 0.133. The Morgan fingerprint density at radius 1 is 1.25 bits per heavy atom. The highest BCUT2D eigenvalue weighted by molar-refractivity contribution is 6.10. The van der Waals surface area contributed by atoms with E-state index in [1.807, 2.05) is 38.1 Å². The summed E-state index contributed by atoms with van der Waals surface area (Å²) in [5.41, 5.74) is 2.79. The number of aromatic nitrogens is 3. The number of carbonyl (C=O) groups excluding carboxylic acids is 1. The molecule has 1 aromatic carbocycles.